The Labute approximate surface area is 276 Å². The number of aliphatic hydroxyl groups excluding tert-OH is 2. The Bertz CT molecular complexity index is 932. The monoisotopic (exact) mass is 619 g/mol. The second-order valence-corrected chi connectivity index (χ2v) is 11.2. The highest BCUT2D eigenvalue weighted by atomic mass is 16.3. The number of carbonyl (C=O) groups is 1. The second-order valence-electron chi connectivity index (χ2n) is 11.2. The third-order valence-electron chi connectivity index (χ3n) is 7.05. The Kier molecular flexibility index (Phi) is 33.2. The molecule has 0 aromatic rings. The Balaban J connectivity index is 3.75. The first-order chi connectivity index (χ1) is 22.2. The summed E-state index contributed by atoms with van der Waals surface area (Å²) in [6.07, 6.45) is 54.7. The molecule has 45 heavy (non-hydrogen) atoms. The molecule has 0 aromatic carbocycles. The van der Waals surface area contributed by atoms with Gasteiger partial charge in [0.05, 0.1) is 18.8 Å². The first kappa shape index (κ1) is 42.0. The van der Waals surface area contributed by atoms with Crippen LogP contribution >= 0.6 is 0 Å². The zero-order chi connectivity index (χ0) is 32.9. The molecule has 0 saturated carbocycles. The van der Waals surface area contributed by atoms with Gasteiger partial charge in [-0.2, -0.15) is 0 Å². The van der Waals surface area contributed by atoms with Crippen molar-refractivity contribution < 1.29 is 15.0 Å². The molecule has 4 nitrogen and oxygen atoms in total. The highest BCUT2D eigenvalue weighted by Gasteiger charge is 2.19. The van der Waals surface area contributed by atoms with Gasteiger partial charge in [0.15, 0.2) is 0 Å². The van der Waals surface area contributed by atoms with E-state index < -0.39 is 12.1 Å². The summed E-state index contributed by atoms with van der Waals surface area (Å²) in [7, 11) is 0. The molecule has 4 heteroatoms. The lowest BCUT2D eigenvalue weighted by Crippen LogP contribution is -2.45. The SMILES string of the molecule is CC/C=C\C/C=C\C/C=C\C/C=C\C/C=C\C/C=C\C/C=C\C/C=C\C/C=C\CCCC(=O)NC(CO)C(O)CCCCCC. The highest BCUT2D eigenvalue weighted by Crippen LogP contribution is 2.09. The number of hydrogen-bond donors (Lipinski definition) is 3. The fourth-order valence-corrected chi connectivity index (χ4v) is 4.36. The minimum atomic E-state index is -0.686. The molecule has 0 saturated heterocycles. The van der Waals surface area contributed by atoms with E-state index in [0.29, 0.717) is 12.8 Å². The lowest BCUT2D eigenvalue weighted by atomic mass is 10.0. The largest absolute Gasteiger partial charge is 0.394 e. The van der Waals surface area contributed by atoms with Crippen molar-refractivity contribution in [2.75, 3.05) is 6.61 Å². The van der Waals surface area contributed by atoms with E-state index in [1.54, 1.807) is 0 Å². The first-order valence-corrected chi connectivity index (χ1v) is 17.6. The van der Waals surface area contributed by atoms with Crippen LogP contribution in [0.3, 0.4) is 0 Å². The number of nitrogens with one attached hydrogen (secondary N) is 1. The molecule has 252 valence electrons. The lowest BCUT2D eigenvalue weighted by Gasteiger charge is -2.22. The van der Waals surface area contributed by atoms with Crippen LogP contribution in [0.15, 0.2) is 109 Å². The smallest absolute Gasteiger partial charge is 0.220 e. The van der Waals surface area contributed by atoms with E-state index >= 15 is 0 Å². The van der Waals surface area contributed by atoms with Crippen molar-refractivity contribution in [3.63, 3.8) is 0 Å². The summed E-state index contributed by atoms with van der Waals surface area (Å²) in [6.45, 7) is 4.07. The van der Waals surface area contributed by atoms with Crippen LogP contribution in [-0.4, -0.2) is 34.9 Å². The van der Waals surface area contributed by atoms with Gasteiger partial charge in [-0.15, -0.1) is 0 Å². The topological polar surface area (TPSA) is 69.6 Å². The molecule has 0 aromatic heterocycles. The second kappa shape index (κ2) is 35.5. The maximum Gasteiger partial charge on any atom is 0.220 e. The van der Waals surface area contributed by atoms with Crippen LogP contribution in [0.1, 0.15) is 123 Å². The lowest BCUT2D eigenvalue weighted by molar-refractivity contribution is -0.123. The predicted molar refractivity (Wildman–Crippen MR) is 197 cm³/mol. The number of unbranched alkanes of at least 4 members (excludes halogenated alkanes) is 4. The number of carbonyl (C=O) groups excluding carboxylic acids is 1. The van der Waals surface area contributed by atoms with Gasteiger partial charge < -0.3 is 15.5 Å². The van der Waals surface area contributed by atoms with E-state index in [4.69, 9.17) is 0 Å². The maximum atomic E-state index is 12.2. The third kappa shape index (κ3) is 32.3. The third-order valence-corrected chi connectivity index (χ3v) is 7.05. The van der Waals surface area contributed by atoms with E-state index in [0.717, 1.165) is 96.3 Å². The zero-order valence-electron chi connectivity index (χ0n) is 28.6. The molecular formula is C41H65NO3. The fourth-order valence-electron chi connectivity index (χ4n) is 4.36. The summed E-state index contributed by atoms with van der Waals surface area (Å²) in [6, 6.07) is -0.570. The minimum absolute atomic E-state index is 0.106. The van der Waals surface area contributed by atoms with E-state index in [1.807, 2.05) is 0 Å². The molecule has 3 N–H and O–H groups in total. The molecule has 0 spiro atoms. The normalized spacial score (nSPS) is 14.5. The van der Waals surface area contributed by atoms with Crippen LogP contribution < -0.4 is 5.32 Å². The molecule has 0 rings (SSSR count). The van der Waals surface area contributed by atoms with Crippen molar-refractivity contribution in [1.82, 2.24) is 5.32 Å². The van der Waals surface area contributed by atoms with Crippen LogP contribution in [-0.2, 0) is 4.79 Å². The molecule has 0 bridgehead atoms. The standard InChI is InChI=1S/C41H65NO3/c1-3-5-7-9-10-11-12-13-14-15-16-17-18-19-20-21-22-23-24-25-26-27-28-29-30-31-32-33-35-37-41(45)42-39(38-43)40(44)36-34-8-6-4-2/h5,7,10-11,13-14,16-17,19-20,22-23,25-26,28-29,31-32,39-40,43-44H,3-4,6,8-9,12,15,18,21,24,27,30,33-38H2,1-2H3,(H,42,45)/b7-5-,11-10-,14-13-,17-16-,20-19-,23-22-,26-25-,29-28-,32-31-. The average Bonchev–Trinajstić information content (AvgIpc) is 3.04. The Morgan fingerprint density at radius 3 is 1.33 bits per heavy atom. The Morgan fingerprint density at radius 2 is 0.956 bits per heavy atom. The quantitative estimate of drug-likeness (QED) is 0.0576. The summed E-state index contributed by atoms with van der Waals surface area (Å²) < 4.78 is 0. The predicted octanol–water partition coefficient (Wildman–Crippen LogP) is 10.5. The zero-order valence-corrected chi connectivity index (χ0v) is 28.6. The van der Waals surface area contributed by atoms with Gasteiger partial charge in [-0.25, -0.2) is 0 Å². The molecular weight excluding hydrogens is 554 g/mol. The van der Waals surface area contributed by atoms with Crippen LogP contribution in [0.4, 0.5) is 0 Å². The van der Waals surface area contributed by atoms with Crippen LogP contribution in [0.2, 0.25) is 0 Å². The van der Waals surface area contributed by atoms with Gasteiger partial charge in [0.1, 0.15) is 0 Å². The van der Waals surface area contributed by atoms with Gasteiger partial charge in [0, 0.05) is 6.42 Å². The van der Waals surface area contributed by atoms with E-state index in [-0.39, 0.29) is 12.5 Å². The number of amides is 1. The van der Waals surface area contributed by atoms with Crippen molar-refractivity contribution in [2.24, 2.45) is 0 Å². The van der Waals surface area contributed by atoms with Gasteiger partial charge in [-0.1, -0.05) is 149 Å². The fraction of sp³-hybridized carbons (Fsp3) is 0.537. The highest BCUT2D eigenvalue weighted by molar-refractivity contribution is 5.76. The number of allylic oxidation sites excluding steroid dienone is 18. The molecule has 0 radical (unpaired) electrons. The van der Waals surface area contributed by atoms with Gasteiger partial charge in [0.2, 0.25) is 5.91 Å². The van der Waals surface area contributed by atoms with Crippen molar-refractivity contribution in [3.8, 4) is 0 Å². The van der Waals surface area contributed by atoms with E-state index in [1.165, 1.54) is 0 Å². The molecule has 0 aliphatic heterocycles. The van der Waals surface area contributed by atoms with E-state index in [2.05, 4.69) is 129 Å². The molecule has 0 heterocycles. The Morgan fingerprint density at radius 1 is 0.556 bits per heavy atom. The van der Waals surface area contributed by atoms with Crippen molar-refractivity contribution >= 4 is 5.91 Å². The molecule has 0 fully saturated rings. The summed E-state index contributed by atoms with van der Waals surface area (Å²) >= 11 is 0. The molecule has 1 amide bonds. The van der Waals surface area contributed by atoms with Gasteiger partial charge in [0.25, 0.3) is 0 Å². The average molecular weight is 620 g/mol. The van der Waals surface area contributed by atoms with E-state index in [9.17, 15) is 15.0 Å². The van der Waals surface area contributed by atoms with Crippen LogP contribution in [0, 0.1) is 0 Å². The van der Waals surface area contributed by atoms with Gasteiger partial charge >= 0.3 is 0 Å². The van der Waals surface area contributed by atoms with Crippen molar-refractivity contribution in [2.45, 2.75) is 135 Å². The van der Waals surface area contributed by atoms with Gasteiger partial charge in [-0.05, 0) is 77.0 Å². The maximum absolute atomic E-state index is 12.2. The number of aliphatic hydroxyl groups is 2. The van der Waals surface area contributed by atoms with Crippen molar-refractivity contribution in [1.29, 1.82) is 0 Å². The molecule has 0 aliphatic rings. The number of rotatable bonds is 29. The summed E-state index contributed by atoms with van der Waals surface area (Å²) in [4.78, 5) is 12.2. The van der Waals surface area contributed by atoms with Gasteiger partial charge in [-0.3, -0.25) is 4.79 Å². The summed E-state index contributed by atoms with van der Waals surface area (Å²) in [5.74, 6) is -0.106. The van der Waals surface area contributed by atoms with Crippen LogP contribution in [0.5, 0.6) is 0 Å². The minimum Gasteiger partial charge on any atom is -0.394 e. The molecule has 2 unspecified atom stereocenters. The molecule has 0 aliphatic carbocycles. The summed E-state index contributed by atoms with van der Waals surface area (Å²) in [5, 5.41) is 22.5. The molecule has 2 atom stereocenters. The van der Waals surface area contributed by atoms with Crippen LogP contribution in [0.25, 0.3) is 0 Å². The first-order valence-electron chi connectivity index (χ1n) is 17.6. The summed E-state index contributed by atoms with van der Waals surface area (Å²) in [5.41, 5.74) is 0. The number of hydrogen-bond acceptors (Lipinski definition) is 3. The van der Waals surface area contributed by atoms with Crippen molar-refractivity contribution in [3.05, 3.63) is 109 Å². The Hall–Kier alpha value is -2.95.